The molecule has 6 nitrogen and oxygen atoms in total. The summed E-state index contributed by atoms with van der Waals surface area (Å²) in [6.07, 6.45) is 0. The highest BCUT2D eigenvalue weighted by atomic mass is 16.5. The number of hydrogen-bond acceptors (Lipinski definition) is 5. The molecule has 1 atom stereocenters. The van der Waals surface area contributed by atoms with Gasteiger partial charge >= 0.3 is 0 Å². The highest BCUT2D eigenvalue weighted by molar-refractivity contribution is 5.90. The highest BCUT2D eigenvalue weighted by Crippen LogP contribution is 2.17. The van der Waals surface area contributed by atoms with E-state index in [0.717, 1.165) is 5.56 Å². The van der Waals surface area contributed by atoms with Crippen LogP contribution in [-0.2, 0) is 0 Å². The number of benzene rings is 1. The van der Waals surface area contributed by atoms with Gasteiger partial charge in [-0.25, -0.2) is 0 Å². The van der Waals surface area contributed by atoms with E-state index in [0.29, 0.717) is 6.54 Å². The Morgan fingerprint density at radius 1 is 1.44 bits per heavy atom. The van der Waals surface area contributed by atoms with Gasteiger partial charge in [0.05, 0.1) is 0 Å². The molecule has 18 heavy (non-hydrogen) atoms. The van der Waals surface area contributed by atoms with Crippen molar-refractivity contribution in [3.8, 4) is 0 Å². The Morgan fingerprint density at radius 2 is 2.17 bits per heavy atom. The van der Waals surface area contributed by atoms with Gasteiger partial charge in [-0.15, -0.1) is 0 Å². The molecule has 2 aromatic rings. The van der Waals surface area contributed by atoms with Crippen LogP contribution in [0.25, 0.3) is 0 Å². The van der Waals surface area contributed by atoms with Gasteiger partial charge in [-0.3, -0.25) is 4.79 Å². The fourth-order valence-corrected chi connectivity index (χ4v) is 1.50. The molecule has 0 radical (unpaired) electrons. The maximum absolute atomic E-state index is 11.5. The maximum atomic E-state index is 11.5. The van der Waals surface area contributed by atoms with Crippen LogP contribution in [-0.4, -0.2) is 22.6 Å². The van der Waals surface area contributed by atoms with E-state index in [1.807, 2.05) is 37.3 Å². The van der Waals surface area contributed by atoms with E-state index in [2.05, 4.69) is 15.5 Å². The molecule has 1 amide bonds. The standard InChI is InChI=1S/C12H14N4O2/c1-2-14-11(17)10-15-12(18-16-10)9(13)8-6-4-3-5-7-8/h3-7,9H,2,13H2,1H3,(H,14,17)/t9-/m1/s1. The van der Waals surface area contributed by atoms with E-state index < -0.39 is 6.04 Å². The van der Waals surface area contributed by atoms with E-state index in [-0.39, 0.29) is 17.6 Å². The number of amides is 1. The van der Waals surface area contributed by atoms with Crippen molar-refractivity contribution in [2.24, 2.45) is 5.73 Å². The number of nitrogens with one attached hydrogen (secondary N) is 1. The zero-order valence-corrected chi connectivity index (χ0v) is 9.96. The molecule has 0 saturated carbocycles. The molecular weight excluding hydrogens is 232 g/mol. The molecule has 3 N–H and O–H groups in total. The van der Waals surface area contributed by atoms with Gasteiger partial charge in [0.2, 0.25) is 5.89 Å². The van der Waals surface area contributed by atoms with E-state index in [1.165, 1.54) is 0 Å². The lowest BCUT2D eigenvalue weighted by Gasteiger charge is -2.05. The van der Waals surface area contributed by atoms with Crippen molar-refractivity contribution in [1.82, 2.24) is 15.5 Å². The Kier molecular flexibility index (Phi) is 3.69. The van der Waals surface area contributed by atoms with Crippen molar-refractivity contribution in [2.75, 3.05) is 6.54 Å². The second-order valence-electron chi connectivity index (χ2n) is 3.70. The third kappa shape index (κ3) is 2.54. The van der Waals surface area contributed by atoms with Crippen molar-refractivity contribution in [1.29, 1.82) is 0 Å². The monoisotopic (exact) mass is 246 g/mol. The fourth-order valence-electron chi connectivity index (χ4n) is 1.50. The zero-order valence-electron chi connectivity index (χ0n) is 9.96. The van der Waals surface area contributed by atoms with Crippen LogP contribution >= 0.6 is 0 Å². The van der Waals surface area contributed by atoms with Crippen molar-refractivity contribution >= 4 is 5.91 Å². The lowest BCUT2D eigenvalue weighted by atomic mass is 10.1. The minimum absolute atomic E-state index is 0.00164. The third-order valence-electron chi connectivity index (χ3n) is 2.41. The second-order valence-corrected chi connectivity index (χ2v) is 3.70. The Morgan fingerprint density at radius 3 is 2.83 bits per heavy atom. The first-order chi connectivity index (χ1) is 8.72. The molecule has 0 aliphatic heterocycles. The average Bonchev–Trinajstić information content (AvgIpc) is 2.89. The summed E-state index contributed by atoms with van der Waals surface area (Å²) in [5.41, 5.74) is 6.83. The fraction of sp³-hybridized carbons (Fsp3) is 0.250. The van der Waals surface area contributed by atoms with Gasteiger partial charge in [0.1, 0.15) is 6.04 Å². The number of carbonyl (C=O) groups excluding carboxylic acids is 1. The molecule has 0 spiro atoms. The predicted octanol–water partition coefficient (Wildman–Crippen LogP) is 0.867. The Hall–Kier alpha value is -2.21. The molecule has 1 aromatic heterocycles. The first-order valence-corrected chi connectivity index (χ1v) is 5.64. The van der Waals surface area contributed by atoms with Gasteiger partial charge in [0.15, 0.2) is 0 Å². The molecule has 2 rings (SSSR count). The summed E-state index contributed by atoms with van der Waals surface area (Å²) >= 11 is 0. The molecule has 1 heterocycles. The van der Waals surface area contributed by atoms with E-state index >= 15 is 0 Å². The summed E-state index contributed by atoms with van der Waals surface area (Å²) < 4.78 is 5.00. The number of aromatic nitrogens is 2. The highest BCUT2D eigenvalue weighted by Gasteiger charge is 2.19. The number of carbonyl (C=O) groups is 1. The predicted molar refractivity (Wildman–Crippen MR) is 64.8 cm³/mol. The third-order valence-corrected chi connectivity index (χ3v) is 2.41. The van der Waals surface area contributed by atoms with Gasteiger partial charge in [0.25, 0.3) is 11.7 Å². The van der Waals surface area contributed by atoms with Crippen LogP contribution < -0.4 is 11.1 Å². The summed E-state index contributed by atoms with van der Waals surface area (Å²) in [5, 5.41) is 6.19. The van der Waals surface area contributed by atoms with Crippen LogP contribution in [0.5, 0.6) is 0 Å². The van der Waals surface area contributed by atoms with Crippen LogP contribution in [0, 0.1) is 0 Å². The van der Waals surface area contributed by atoms with Crippen LogP contribution in [0.1, 0.15) is 35.0 Å². The maximum Gasteiger partial charge on any atom is 0.292 e. The van der Waals surface area contributed by atoms with Gasteiger partial charge in [0, 0.05) is 6.54 Å². The second kappa shape index (κ2) is 5.42. The van der Waals surface area contributed by atoms with Crippen LogP contribution in [0.4, 0.5) is 0 Å². The topological polar surface area (TPSA) is 94.0 Å². The molecule has 0 bridgehead atoms. The molecule has 6 heteroatoms. The van der Waals surface area contributed by atoms with Gasteiger partial charge in [-0.1, -0.05) is 35.5 Å². The van der Waals surface area contributed by atoms with Gasteiger partial charge < -0.3 is 15.6 Å². The minimum atomic E-state index is -0.526. The Labute approximate surface area is 104 Å². The van der Waals surface area contributed by atoms with Gasteiger partial charge in [-0.2, -0.15) is 4.98 Å². The molecule has 0 aliphatic rings. The molecule has 1 aromatic carbocycles. The van der Waals surface area contributed by atoms with Crippen LogP contribution in [0.15, 0.2) is 34.9 Å². The molecule has 0 unspecified atom stereocenters. The smallest absolute Gasteiger partial charge is 0.292 e. The quantitative estimate of drug-likeness (QED) is 0.834. The van der Waals surface area contributed by atoms with E-state index in [4.69, 9.17) is 10.3 Å². The number of hydrogen-bond donors (Lipinski definition) is 2. The van der Waals surface area contributed by atoms with E-state index in [1.54, 1.807) is 0 Å². The van der Waals surface area contributed by atoms with Crippen LogP contribution in [0.3, 0.4) is 0 Å². The first-order valence-electron chi connectivity index (χ1n) is 5.64. The number of rotatable bonds is 4. The lowest BCUT2D eigenvalue weighted by molar-refractivity contribution is 0.0942. The Bertz CT molecular complexity index is 524. The van der Waals surface area contributed by atoms with Crippen molar-refractivity contribution in [2.45, 2.75) is 13.0 Å². The van der Waals surface area contributed by atoms with Crippen molar-refractivity contribution in [3.05, 3.63) is 47.6 Å². The number of nitrogens with zero attached hydrogens (tertiary/aromatic N) is 2. The summed E-state index contributed by atoms with van der Waals surface area (Å²) in [5.74, 6) is -0.145. The summed E-state index contributed by atoms with van der Waals surface area (Å²) in [7, 11) is 0. The molecule has 94 valence electrons. The molecule has 0 aliphatic carbocycles. The summed E-state index contributed by atoms with van der Waals surface area (Å²) in [6, 6.07) is 8.83. The molecular formula is C12H14N4O2. The van der Waals surface area contributed by atoms with E-state index in [9.17, 15) is 4.79 Å². The molecule has 0 fully saturated rings. The minimum Gasteiger partial charge on any atom is -0.349 e. The SMILES string of the molecule is CCNC(=O)c1noc([C@H](N)c2ccccc2)n1. The average molecular weight is 246 g/mol. The normalized spacial score (nSPS) is 12.1. The zero-order chi connectivity index (χ0) is 13.0. The Balaban J connectivity index is 2.17. The van der Waals surface area contributed by atoms with Gasteiger partial charge in [-0.05, 0) is 12.5 Å². The molecule has 0 saturated heterocycles. The lowest BCUT2D eigenvalue weighted by Crippen LogP contribution is -2.24. The largest absolute Gasteiger partial charge is 0.349 e. The first kappa shape index (κ1) is 12.3. The summed E-state index contributed by atoms with van der Waals surface area (Å²) in [6.45, 7) is 2.32. The van der Waals surface area contributed by atoms with Crippen molar-refractivity contribution in [3.63, 3.8) is 0 Å². The summed E-state index contributed by atoms with van der Waals surface area (Å²) in [4.78, 5) is 15.5. The van der Waals surface area contributed by atoms with Crippen molar-refractivity contribution < 1.29 is 9.32 Å². The number of nitrogens with two attached hydrogens (primary N) is 1. The van der Waals surface area contributed by atoms with Crippen LogP contribution in [0.2, 0.25) is 0 Å².